The van der Waals surface area contributed by atoms with Gasteiger partial charge in [-0.3, -0.25) is 0 Å². The van der Waals surface area contributed by atoms with Crippen molar-refractivity contribution in [1.82, 2.24) is 9.97 Å². The van der Waals surface area contributed by atoms with E-state index < -0.39 is 0 Å². The van der Waals surface area contributed by atoms with Gasteiger partial charge in [0.15, 0.2) is 0 Å². The summed E-state index contributed by atoms with van der Waals surface area (Å²) >= 11 is 12.6. The van der Waals surface area contributed by atoms with Crippen molar-refractivity contribution in [3.05, 3.63) is 69.6 Å². The van der Waals surface area contributed by atoms with Gasteiger partial charge in [-0.1, -0.05) is 49.2 Å². The second-order valence-corrected chi connectivity index (χ2v) is 7.39. The van der Waals surface area contributed by atoms with E-state index in [1.165, 1.54) is 11.9 Å². The topological polar surface area (TPSA) is 73.1 Å². The van der Waals surface area contributed by atoms with Crippen LogP contribution >= 0.6 is 23.2 Å². The Hall–Kier alpha value is -2.50. The fourth-order valence-electron chi connectivity index (χ4n) is 2.99. The smallest absolute Gasteiger partial charge is 0.149 e. The largest absolute Gasteiger partial charge is 0.456 e. The van der Waals surface area contributed by atoms with Crippen molar-refractivity contribution < 1.29 is 4.74 Å². The molecule has 3 rings (SSSR count). The van der Waals surface area contributed by atoms with Crippen LogP contribution in [0.3, 0.4) is 0 Å². The van der Waals surface area contributed by atoms with Crippen LogP contribution < -0.4 is 15.8 Å². The lowest BCUT2D eigenvalue weighted by Gasteiger charge is -2.13. The van der Waals surface area contributed by atoms with Crippen LogP contribution in [-0.2, 0) is 19.3 Å². The third kappa shape index (κ3) is 5.31. The second-order valence-electron chi connectivity index (χ2n) is 6.60. The van der Waals surface area contributed by atoms with Crippen LogP contribution in [0.1, 0.15) is 30.7 Å². The number of nitrogens with two attached hydrogens (primary N) is 1. The Balaban J connectivity index is 1.61. The minimum Gasteiger partial charge on any atom is -0.456 e. The van der Waals surface area contributed by atoms with Crippen molar-refractivity contribution in [3.63, 3.8) is 0 Å². The summed E-state index contributed by atoms with van der Waals surface area (Å²) in [5.74, 6) is 2.06. The van der Waals surface area contributed by atoms with Crippen LogP contribution in [0.2, 0.25) is 10.0 Å². The maximum absolute atomic E-state index is 6.32. The van der Waals surface area contributed by atoms with Gasteiger partial charge in [-0.15, -0.1) is 0 Å². The second kappa shape index (κ2) is 9.81. The third-order valence-electron chi connectivity index (χ3n) is 4.57. The molecule has 0 spiro atoms. The average molecular weight is 431 g/mol. The number of anilines is 2. The number of nitrogens with one attached hydrogen (secondary N) is 1. The normalized spacial score (nSPS) is 10.8. The SMILES string of the molecule is CCc1cc(N)cc(Cl)c1Oc1ccc(CCNc2ncnc(CC)c2Cl)cc1. The third-order valence-corrected chi connectivity index (χ3v) is 5.25. The Morgan fingerprint density at radius 1 is 1.03 bits per heavy atom. The number of hydrogen-bond acceptors (Lipinski definition) is 5. The molecule has 0 fully saturated rings. The number of nitrogens with zero attached hydrogens (tertiary/aromatic N) is 2. The van der Waals surface area contributed by atoms with Crippen molar-refractivity contribution in [3.8, 4) is 11.5 Å². The Bertz CT molecular complexity index is 977. The molecule has 1 heterocycles. The summed E-state index contributed by atoms with van der Waals surface area (Å²) in [4.78, 5) is 8.39. The summed E-state index contributed by atoms with van der Waals surface area (Å²) in [5.41, 5.74) is 9.50. The molecule has 0 aliphatic heterocycles. The lowest BCUT2D eigenvalue weighted by atomic mass is 10.1. The molecule has 0 saturated carbocycles. The first kappa shape index (κ1) is 21.2. The van der Waals surface area contributed by atoms with Gasteiger partial charge in [-0.2, -0.15) is 0 Å². The molecule has 0 aliphatic rings. The van der Waals surface area contributed by atoms with Crippen LogP contribution in [0, 0.1) is 0 Å². The fraction of sp³-hybridized carbons (Fsp3) is 0.273. The van der Waals surface area contributed by atoms with E-state index in [4.69, 9.17) is 33.7 Å². The first-order chi connectivity index (χ1) is 14.0. The summed E-state index contributed by atoms with van der Waals surface area (Å²) in [6, 6.07) is 11.5. The molecule has 7 heteroatoms. The highest BCUT2D eigenvalue weighted by atomic mass is 35.5. The highest BCUT2D eigenvalue weighted by Gasteiger charge is 2.11. The van der Waals surface area contributed by atoms with E-state index in [0.717, 1.165) is 36.3 Å². The van der Waals surface area contributed by atoms with Crippen molar-refractivity contribution >= 4 is 34.7 Å². The van der Waals surface area contributed by atoms with Crippen LogP contribution in [-0.4, -0.2) is 16.5 Å². The molecule has 3 N–H and O–H groups in total. The molecular weight excluding hydrogens is 407 g/mol. The molecule has 29 heavy (non-hydrogen) atoms. The summed E-state index contributed by atoms with van der Waals surface area (Å²) in [6.45, 7) is 4.77. The number of halogens is 2. The summed E-state index contributed by atoms with van der Waals surface area (Å²) in [7, 11) is 0. The minimum atomic E-state index is 0.517. The van der Waals surface area contributed by atoms with Gasteiger partial charge in [0.1, 0.15) is 28.7 Å². The maximum atomic E-state index is 6.32. The van der Waals surface area contributed by atoms with E-state index >= 15 is 0 Å². The number of ether oxygens (including phenoxy) is 1. The standard InChI is InChI=1S/C22H24Cl2N4O/c1-3-15-11-16(25)12-18(23)21(15)29-17-7-5-14(6-8-17)9-10-26-22-20(24)19(4-2)27-13-28-22/h5-8,11-13H,3-4,9-10,25H2,1-2H3,(H,26,27,28). The zero-order chi connectivity index (χ0) is 20.8. The van der Waals surface area contributed by atoms with Gasteiger partial charge in [0.25, 0.3) is 0 Å². The predicted octanol–water partition coefficient (Wildman–Crippen LogP) is 5.94. The van der Waals surface area contributed by atoms with E-state index in [1.54, 1.807) is 6.07 Å². The summed E-state index contributed by atoms with van der Waals surface area (Å²) in [6.07, 6.45) is 3.92. The lowest BCUT2D eigenvalue weighted by Crippen LogP contribution is -2.08. The van der Waals surface area contributed by atoms with Gasteiger partial charge in [-0.05, 0) is 54.7 Å². The monoisotopic (exact) mass is 430 g/mol. The molecule has 3 aromatic rings. The maximum Gasteiger partial charge on any atom is 0.149 e. The number of hydrogen-bond donors (Lipinski definition) is 2. The van der Waals surface area contributed by atoms with Crippen molar-refractivity contribution in [1.29, 1.82) is 0 Å². The molecular formula is C22H24Cl2N4O. The van der Waals surface area contributed by atoms with E-state index in [0.29, 0.717) is 33.8 Å². The molecule has 1 aromatic heterocycles. The van der Waals surface area contributed by atoms with Gasteiger partial charge in [0.2, 0.25) is 0 Å². The average Bonchev–Trinajstić information content (AvgIpc) is 2.72. The highest BCUT2D eigenvalue weighted by molar-refractivity contribution is 6.33. The molecule has 0 unspecified atom stereocenters. The molecule has 0 saturated heterocycles. The predicted molar refractivity (Wildman–Crippen MR) is 120 cm³/mol. The quantitative estimate of drug-likeness (QED) is 0.432. The van der Waals surface area contributed by atoms with Crippen molar-refractivity contribution in [2.45, 2.75) is 33.1 Å². The molecule has 0 aliphatic carbocycles. The number of aryl methyl sites for hydroxylation is 2. The minimum absolute atomic E-state index is 0.517. The van der Waals surface area contributed by atoms with Crippen LogP contribution in [0.4, 0.5) is 11.5 Å². The Morgan fingerprint density at radius 2 is 1.79 bits per heavy atom. The zero-order valence-electron chi connectivity index (χ0n) is 16.5. The van der Waals surface area contributed by atoms with Crippen LogP contribution in [0.5, 0.6) is 11.5 Å². The Kier molecular flexibility index (Phi) is 7.18. The Morgan fingerprint density at radius 3 is 2.48 bits per heavy atom. The zero-order valence-corrected chi connectivity index (χ0v) is 18.0. The fourth-order valence-corrected chi connectivity index (χ4v) is 3.58. The molecule has 0 amide bonds. The van der Waals surface area contributed by atoms with E-state index in [1.807, 2.05) is 44.2 Å². The molecule has 2 aromatic carbocycles. The molecule has 0 atom stereocenters. The summed E-state index contributed by atoms with van der Waals surface area (Å²) in [5, 5.41) is 4.38. The molecule has 152 valence electrons. The number of nitrogen functional groups attached to an aromatic ring is 1. The number of aromatic nitrogens is 2. The first-order valence-corrected chi connectivity index (χ1v) is 10.3. The van der Waals surface area contributed by atoms with Gasteiger partial charge < -0.3 is 15.8 Å². The molecule has 0 radical (unpaired) electrons. The van der Waals surface area contributed by atoms with Crippen molar-refractivity contribution in [2.75, 3.05) is 17.6 Å². The van der Waals surface area contributed by atoms with E-state index in [2.05, 4.69) is 15.3 Å². The molecule has 5 nitrogen and oxygen atoms in total. The van der Waals surface area contributed by atoms with Crippen LogP contribution in [0.25, 0.3) is 0 Å². The van der Waals surface area contributed by atoms with E-state index in [9.17, 15) is 0 Å². The van der Waals surface area contributed by atoms with Gasteiger partial charge in [0, 0.05) is 12.2 Å². The lowest BCUT2D eigenvalue weighted by molar-refractivity contribution is 0.477. The number of benzene rings is 2. The molecule has 0 bridgehead atoms. The van der Waals surface area contributed by atoms with Crippen molar-refractivity contribution in [2.24, 2.45) is 0 Å². The highest BCUT2D eigenvalue weighted by Crippen LogP contribution is 2.35. The Labute approximate surface area is 181 Å². The number of rotatable bonds is 8. The van der Waals surface area contributed by atoms with E-state index in [-0.39, 0.29) is 0 Å². The van der Waals surface area contributed by atoms with Gasteiger partial charge in [0.05, 0.1) is 10.7 Å². The van der Waals surface area contributed by atoms with Gasteiger partial charge in [-0.25, -0.2) is 9.97 Å². The summed E-state index contributed by atoms with van der Waals surface area (Å²) < 4.78 is 6.02. The van der Waals surface area contributed by atoms with Gasteiger partial charge >= 0.3 is 0 Å². The van der Waals surface area contributed by atoms with Crippen LogP contribution in [0.15, 0.2) is 42.7 Å². The first-order valence-electron chi connectivity index (χ1n) is 9.59.